The van der Waals surface area contributed by atoms with Crippen LogP contribution in [0, 0.1) is 6.92 Å². The van der Waals surface area contributed by atoms with Gasteiger partial charge in [-0.05, 0) is 42.3 Å². The molecule has 0 fully saturated rings. The van der Waals surface area contributed by atoms with Crippen LogP contribution in [0.25, 0.3) is 6.08 Å². The zero-order valence-corrected chi connectivity index (χ0v) is 13.5. The van der Waals surface area contributed by atoms with E-state index in [1.807, 2.05) is 31.2 Å². The van der Waals surface area contributed by atoms with E-state index in [2.05, 4.69) is 0 Å². The van der Waals surface area contributed by atoms with E-state index in [1.54, 1.807) is 12.1 Å². The van der Waals surface area contributed by atoms with E-state index >= 15 is 0 Å². The standard InChI is InChI=1S/C19H18O5/c1-13-5-3-4-6-14(13)7-9-16(20)15-8-10-17(18(11-15)23-2)24-12-19(21)22/h3-11H,12H2,1-2H3,(H,21,22)/b9-7+. The molecule has 0 amide bonds. The van der Waals surface area contributed by atoms with Crippen molar-refractivity contribution in [3.05, 3.63) is 65.2 Å². The molecule has 24 heavy (non-hydrogen) atoms. The molecular formula is C19H18O5. The highest BCUT2D eigenvalue weighted by molar-refractivity contribution is 6.07. The Morgan fingerprint density at radius 2 is 1.88 bits per heavy atom. The van der Waals surface area contributed by atoms with Gasteiger partial charge >= 0.3 is 5.97 Å². The van der Waals surface area contributed by atoms with Crippen molar-refractivity contribution in [2.45, 2.75) is 6.92 Å². The number of carboxylic acid groups (broad SMARTS) is 1. The third kappa shape index (κ3) is 4.46. The predicted octanol–water partition coefficient (Wildman–Crippen LogP) is 3.36. The van der Waals surface area contributed by atoms with Gasteiger partial charge in [-0.15, -0.1) is 0 Å². The minimum absolute atomic E-state index is 0.179. The summed E-state index contributed by atoms with van der Waals surface area (Å²) in [6.07, 6.45) is 3.26. The van der Waals surface area contributed by atoms with Gasteiger partial charge < -0.3 is 14.6 Å². The zero-order chi connectivity index (χ0) is 17.5. The summed E-state index contributed by atoms with van der Waals surface area (Å²) < 4.78 is 10.3. The van der Waals surface area contributed by atoms with Gasteiger partial charge in [-0.1, -0.05) is 30.3 Å². The van der Waals surface area contributed by atoms with Crippen LogP contribution < -0.4 is 9.47 Å². The number of hydrogen-bond donors (Lipinski definition) is 1. The van der Waals surface area contributed by atoms with E-state index in [9.17, 15) is 9.59 Å². The normalized spacial score (nSPS) is 10.6. The summed E-state index contributed by atoms with van der Waals surface area (Å²) in [5, 5.41) is 8.65. The first-order valence-electron chi connectivity index (χ1n) is 7.32. The highest BCUT2D eigenvalue weighted by Gasteiger charge is 2.10. The van der Waals surface area contributed by atoms with Gasteiger partial charge in [0, 0.05) is 5.56 Å². The number of aryl methyl sites for hydroxylation is 1. The molecule has 5 heteroatoms. The van der Waals surface area contributed by atoms with Crippen LogP contribution in [0.4, 0.5) is 0 Å². The second-order valence-corrected chi connectivity index (χ2v) is 5.10. The third-order valence-corrected chi connectivity index (χ3v) is 3.40. The van der Waals surface area contributed by atoms with Crippen molar-refractivity contribution in [1.82, 2.24) is 0 Å². The Balaban J connectivity index is 2.17. The van der Waals surface area contributed by atoms with Crippen molar-refractivity contribution in [3.63, 3.8) is 0 Å². The van der Waals surface area contributed by atoms with Gasteiger partial charge in [0.1, 0.15) is 0 Å². The zero-order valence-electron chi connectivity index (χ0n) is 13.5. The number of methoxy groups -OCH3 is 1. The third-order valence-electron chi connectivity index (χ3n) is 3.40. The van der Waals surface area contributed by atoms with Crippen LogP contribution in [0.15, 0.2) is 48.5 Å². The Labute approximate surface area is 140 Å². The molecule has 0 unspecified atom stereocenters. The molecule has 0 atom stereocenters. The summed E-state index contributed by atoms with van der Waals surface area (Å²) in [6.45, 7) is 1.50. The van der Waals surface area contributed by atoms with E-state index in [0.29, 0.717) is 11.3 Å². The quantitative estimate of drug-likeness (QED) is 0.624. The van der Waals surface area contributed by atoms with Crippen LogP contribution in [0.1, 0.15) is 21.5 Å². The summed E-state index contributed by atoms with van der Waals surface area (Å²) in [7, 11) is 1.43. The molecule has 0 saturated carbocycles. The minimum atomic E-state index is -1.08. The molecule has 0 radical (unpaired) electrons. The number of carboxylic acids is 1. The van der Waals surface area contributed by atoms with Gasteiger partial charge in [-0.3, -0.25) is 4.79 Å². The second kappa shape index (κ2) is 7.97. The molecule has 2 aromatic rings. The van der Waals surface area contributed by atoms with Crippen molar-refractivity contribution in [1.29, 1.82) is 0 Å². The largest absolute Gasteiger partial charge is 0.493 e. The van der Waals surface area contributed by atoms with Crippen molar-refractivity contribution in [2.75, 3.05) is 13.7 Å². The van der Waals surface area contributed by atoms with Crippen molar-refractivity contribution in [3.8, 4) is 11.5 Å². The van der Waals surface area contributed by atoms with Crippen molar-refractivity contribution >= 4 is 17.8 Å². The molecule has 0 heterocycles. The number of ether oxygens (including phenoxy) is 2. The maximum Gasteiger partial charge on any atom is 0.341 e. The fraction of sp³-hybridized carbons (Fsp3) is 0.158. The van der Waals surface area contributed by atoms with E-state index < -0.39 is 12.6 Å². The lowest BCUT2D eigenvalue weighted by molar-refractivity contribution is -0.139. The number of aliphatic carboxylic acids is 1. The van der Waals surface area contributed by atoms with Crippen LogP contribution >= 0.6 is 0 Å². The van der Waals surface area contributed by atoms with Crippen LogP contribution in [0.5, 0.6) is 11.5 Å². The molecular weight excluding hydrogens is 308 g/mol. The number of ketones is 1. The summed E-state index contributed by atoms with van der Waals surface area (Å²) in [5.41, 5.74) is 2.48. The van der Waals surface area contributed by atoms with Crippen LogP contribution in [-0.4, -0.2) is 30.6 Å². The average molecular weight is 326 g/mol. The highest BCUT2D eigenvalue weighted by atomic mass is 16.5. The van der Waals surface area contributed by atoms with Gasteiger partial charge in [-0.25, -0.2) is 4.79 Å². The lowest BCUT2D eigenvalue weighted by Crippen LogP contribution is -2.10. The van der Waals surface area contributed by atoms with Gasteiger partial charge in [0.2, 0.25) is 0 Å². The Morgan fingerprint density at radius 1 is 1.12 bits per heavy atom. The van der Waals surface area contributed by atoms with Crippen LogP contribution in [0.3, 0.4) is 0 Å². The van der Waals surface area contributed by atoms with Gasteiger partial charge in [0.25, 0.3) is 0 Å². The fourth-order valence-corrected chi connectivity index (χ4v) is 2.12. The number of rotatable bonds is 7. The number of carbonyl (C=O) groups excluding carboxylic acids is 1. The van der Waals surface area contributed by atoms with Gasteiger partial charge in [0.15, 0.2) is 23.9 Å². The molecule has 1 N–H and O–H groups in total. The Bertz CT molecular complexity index is 777. The predicted molar refractivity (Wildman–Crippen MR) is 90.7 cm³/mol. The second-order valence-electron chi connectivity index (χ2n) is 5.10. The number of allylic oxidation sites excluding steroid dienone is 1. The first kappa shape index (κ1) is 17.3. The average Bonchev–Trinajstić information content (AvgIpc) is 2.58. The smallest absolute Gasteiger partial charge is 0.341 e. The molecule has 2 rings (SSSR count). The summed E-state index contributed by atoms with van der Waals surface area (Å²) >= 11 is 0. The molecule has 2 aromatic carbocycles. The molecule has 5 nitrogen and oxygen atoms in total. The molecule has 0 aliphatic carbocycles. The first-order valence-corrected chi connectivity index (χ1v) is 7.32. The van der Waals surface area contributed by atoms with Gasteiger partial charge in [0.05, 0.1) is 7.11 Å². The number of hydrogen-bond acceptors (Lipinski definition) is 4. The summed E-state index contributed by atoms with van der Waals surface area (Å²) in [6, 6.07) is 12.4. The SMILES string of the molecule is COc1cc(C(=O)/C=C/c2ccccc2C)ccc1OCC(=O)O. The molecule has 0 aromatic heterocycles. The van der Waals surface area contributed by atoms with Gasteiger partial charge in [-0.2, -0.15) is 0 Å². The van der Waals surface area contributed by atoms with Crippen LogP contribution in [-0.2, 0) is 4.79 Å². The Morgan fingerprint density at radius 3 is 2.54 bits per heavy atom. The summed E-state index contributed by atoms with van der Waals surface area (Å²) in [4.78, 5) is 22.9. The number of benzene rings is 2. The van der Waals surface area contributed by atoms with E-state index in [0.717, 1.165) is 11.1 Å². The lowest BCUT2D eigenvalue weighted by Gasteiger charge is -2.10. The maximum atomic E-state index is 12.3. The fourth-order valence-electron chi connectivity index (χ4n) is 2.12. The molecule has 0 aliphatic heterocycles. The molecule has 0 bridgehead atoms. The van der Waals surface area contributed by atoms with Crippen molar-refractivity contribution in [2.24, 2.45) is 0 Å². The van der Waals surface area contributed by atoms with Crippen LogP contribution in [0.2, 0.25) is 0 Å². The molecule has 0 spiro atoms. The monoisotopic (exact) mass is 326 g/mol. The van der Waals surface area contributed by atoms with Crippen molar-refractivity contribution < 1.29 is 24.2 Å². The summed E-state index contributed by atoms with van der Waals surface area (Å²) in [5.74, 6) is -0.676. The maximum absolute atomic E-state index is 12.3. The minimum Gasteiger partial charge on any atom is -0.493 e. The van der Waals surface area contributed by atoms with E-state index in [-0.39, 0.29) is 11.5 Å². The Hall–Kier alpha value is -3.08. The highest BCUT2D eigenvalue weighted by Crippen LogP contribution is 2.28. The molecule has 0 saturated heterocycles. The van der Waals surface area contributed by atoms with E-state index in [1.165, 1.54) is 25.3 Å². The number of carbonyl (C=O) groups is 2. The molecule has 124 valence electrons. The molecule has 0 aliphatic rings. The Kier molecular flexibility index (Phi) is 5.73. The van der Waals surface area contributed by atoms with E-state index in [4.69, 9.17) is 14.6 Å². The topological polar surface area (TPSA) is 72.8 Å². The lowest BCUT2D eigenvalue weighted by atomic mass is 10.1. The first-order chi connectivity index (χ1) is 11.5.